The monoisotopic (exact) mass is 496 g/mol. The number of hydrogen-bond donors (Lipinski definition) is 0. The lowest BCUT2D eigenvalue weighted by molar-refractivity contribution is 0.174. The van der Waals surface area contributed by atoms with Crippen LogP contribution >= 0.6 is 11.8 Å². The van der Waals surface area contributed by atoms with Crippen molar-refractivity contribution in [3.05, 3.63) is 34.9 Å². The van der Waals surface area contributed by atoms with Gasteiger partial charge in [0, 0.05) is 28.2 Å². The third-order valence-electron chi connectivity index (χ3n) is 5.59. The second-order valence-corrected chi connectivity index (χ2v) is 9.38. The van der Waals surface area contributed by atoms with E-state index in [1.807, 2.05) is 70.0 Å². The quantitative estimate of drug-likeness (QED) is 0.351. The molecular formula is C24H28N6O4S. The topological polar surface area (TPSA) is 95.0 Å². The average Bonchev–Trinajstić information content (AvgIpc) is 3.30. The number of ether oxygens (including phenoxy) is 4. The van der Waals surface area contributed by atoms with Crippen molar-refractivity contribution in [1.82, 2.24) is 19.9 Å². The fourth-order valence-electron chi connectivity index (χ4n) is 4.04. The average molecular weight is 497 g/mol. The standard InChI is InChI=1S/C24H28N6O4S/c1-7-31-19-17-16(13-9-10-14-15(11-13)34-12-33-14)18-20(32-8-2)26-24(30(5)6)28-22(18)35-21(17)27-23(25-19)29(3)4/h9-11,16H,7-8,12H2,1-6H3. The van der Waals surface area contributed by atoms with E-state index in [-0.39, 0.29) is 12.7 Å². The first-order valence-electron chi connectivity index (χ1n) is 11.4. The molecule has 11 heteroatoms. The molecule has 0 fully saturated rings. The van der Waals surface area contributed by atoms with Gasteiger partial charge in [-0.15, -0.1) is 0 Å². The van der Waals surface area contributed by atoms with Gasteiger partial charge < -0.3 is 28.7 Å². The largest absolute Gasteiger partial charge is 0.478 e. The van der Waals surface area contributed by atoms with E-state index in [4.69, 9.17) is 38.9 Å². The Bertz CT molecular complexity index is 1200. The lowest BCUT2D eigenvalue weighted by Gasteiger charge is -2.30. The fraction of sp³-hybridized carbons (Fsp3) is 0.417. The number of aromatic nitrogens is 4. The Balaban J connectivity index is 1.80. The van der Waals surface area contributed by atoms with Crippen molar-refractivity contribution in [3.8, 4) is 23.3 Å². The van der Waals surface area contributed by atoms with Crippen LogP contribution in [0.3, 0.4) is 0 Å². The molecule has 1 aromatic carbocycles. The highest BCUT2D eigenvalue weighted by atomic mass is 32.2. The molecule has 0 spiro atoms. The summed E-state index contributed by atoms with van der Waals surface area (Å²) in [7, 11) is 7.64. The summed E-state index contributed by atoms with van der Waals surface area (Å²) in [5.41, 5.74) is 2.67. The van der Waals surface area contributed by atoms with Crippen LogP contribution in [0, 0.1) is 0 Å². The van der Waals surface area contributed by atoms with Crippen molar-refractivity contribution in [2.45, 2.75) is 29.8 Å². The van der Waals surface area contributed by atoms with E-state index in [9.17, 15) is 0 Å². The van der Waals surface area contributed by atoms with Crippen molar-refractivity contribution < 1.29 is 18.9 Å². The Morgan fingerprint density at radius 3 is 1.89 bits per heavy atom. The molecule has 3 aromatic rings. The summed E-state index contributed by atoms with van der Waals surface area (Å²) < 4.78 is 23.4. The number of nitrogens with zero attached hydrogens (tertiary/aromatic N) is 6. The first-order valence-corrected chi connectivity index (χ1v) is 12.2. The summed E-state index contributed by atoms with van der Waals surface area (Å²) in [6.45, 7) is 5.03. The normalized spacial score (nSPS) is 13.8. The Labute approximate surface area is 208 Å². The van der Waals surface area contributed by atoms with E-state index in [2.05, 4.69) is 0 Å². The van der Waals surface area contributed by atoms with E-state index in [0.29, 0.717) is 48.4 Å². The number of fused-ring (bicyclic) bond motifs is 3. The predicted octanol–water partition coefficient (Wildman–Crippen LogP) is 3.57. The van der Waals surface area contributed by atoms with Gasteiger partial charge >= 0.3 is 0 Å². The zero-order valence-corrected chi connectivity index (χ0v) is 21.5. The van der Waals surface area contributed by atoms with Crippen molar-refractivity contribution in [3.63, 3.8) is 0 Å². The van der Waals surface area contributed by atoms with E-state index in [1.165, 1.54) is 11.8 Å². The number of benzene rings is 1. The Morgan fingerprint density at radius 2 is 1.37 bits per heavy atom. The molecular weight excluding hydrogens is 468 g/mol. The molecule has 10 nitrogen and oxygen atoms in total. The van der Waals surface area contributed by atoms with Crippen LogP contribution in [0.25, 0.3) is 0 Å². The maximum absolute atomic E-state index is 6.08. The molecule has 0 aliphatic carbocycles. The van der Waals surface area contributed by atoms with Gasteiger partial charge in [0.2, 0.25) is 30.4 Å². The van der Waals surface area contributed by atoms with Crippen LogP contribution in [-0.4, -0.2) is 68.1 Å². The highest BCUT2D eigenvalue weighted by Crippen LogP contribution is 2.54. The molecule has 4 heterocycles. The van der Waals surface area contributed by atoms with E-state index in [0.717, 1.165) is 26.7 Å². The van der Waals surface area contributed by atoms with Gasteiger partial charge in [0.1, 0.15) is 10.1 Å². The minimum Gasteiger partial charge on any atom is -0.478 e. The van der Waals surface area contributed by atoms with E-state index < -0.39 is 0 Å². The van der Waals surface area contributed by atoms with Crippen molar-refractivity contribution in [2.75, 3.05) is 58.0 Å². The van der Waals surface area contributed by atoms with Crippen LogP contribution in [0.4, 0.5) is 11.9 Å². The van der Waals surface area contributed by atoms with Crippen molar-refractivity contribution in [2.24, 2.45) is 0 Å². The molecule has 2 aliphatic heterocycles. The fourth-order valence-corrected chi connectivity index (χ4v) is 5.11. The van der Waals surface area contributed by atoms with Gasteiger partial charge in [-0.1, -0.05) is 6.07 Å². The molecule has 0 unspecified atom stereocenters. The van der Waals surface area contributed by atoms with Crippen LogP contribution < -0.4 is 28.7 Å². The van der Waals surface area contributed by atoms with Crippen molar-refractivity contribution >= 4 is 23.7 Å². The molecule has 0 saturated heterocycles. The molecule has 2 aromatic heterocycles. The lowest BCUT2D eigenvalue weighted by atomic mass is 9.86. The Hall–Kier alpha value is -3.47. The molecule has 0 N–H and O–H groups in total. The number of anilines is 2. The molecule has 0 bridgehead atoms. The highest BCUT2D eigenvalue weighted by molar-refractivity contribution is 7.99. The summed E-state index contributed by atoms with van der Waals surface area (Å²) in [6.07, 6.45) is 0. The minimum atomic E-state index is -0.328. The molecule has 5 rings (SSSR count). The summed E-state index contributed by atoms with van der Waals surface area (Å²) in [6, 6.07) is 5.93. The smallest absolute Gasteiger partial charge is 0.231 e. The van der Waals surface area contributed by atoms with E-state index in [1.54, 1.807) is 0 Å². The highest BCUT2D eigenvalue weighted by Gasteiger charge is 2.39. The third-order valence-corrected chi connectivity index (χ3v) is 6.60. The van der Waals surface area contributed by atoms with Gasteiger partial charge in [0.25, 0.3) is 0 Å². The first kappa shape index (κ1) is 23.3. The van der Waals surface area contributed by atoms with Gasteiger partial charge in [0.05, 0.1) is 30.3 Å². The Morgan fingerprint density at radius 1 is 0.829 bits per heavy atom. The molecule has 0 amide bonds. The zero-order valence-electron chi connectivity index (χ0n) is 20.7. The molecule has 0 radical (unpaired) electrons. The molecule has 2 aliphatic rings. The Kier molecular flexibility index (Phi) is 6.18. The second-order valence-electron chi connectivity index (χ2n) is 8.40. The van der Waals surface area contributed by atoms with Gasteiger partial charge in [-0.05, 0) is 43.3 Å². The summed E-state index contributed by atoms with van der Waals surface area (Å²) >= 11 is 1.48. The van der Waals surface area contributed by atoms with Gasteiger partial charge in [0.15, 0.2) is 11.5 Å². The maximum atomic E-state index is 6.08. The predicted molar refractivity (Wildman–Crippen MR) is 133 cm³/mol. The first-order chi connectivity index (χ1) is 16.9. The molecule has 35 heavy (non-hydrogen) atoms. The van der Waals surface area contributed by atoms with Gasteiger partial charge in [-0.2, -0.15) is 9.97 Å². The van der Waals surface area contributed by atoms with Crippen molar-refractivity contribution in [1.29, 1.82) is 0 Å². The van der Waals surface area contributed by atoms with Gasteiger partial charge in [-0.25, -0.2) is 9.97 Å². The molecule has 184 valence electrons. The zero-order chi connectivity index (χ0) is 24.7. The lowest BCUT2D eigenvalue weighted by Crippen LogP contribution is -2.22. The number of hydrogen-bond acceptors (Lipinski definition) is 11. The molecule has 0 saturated carbocycles. The maximum Gasteiger partial charge on any atom is 0.231 e. The number of rotatable bonds is 7. The van der Waals surface area contributed by atoms with Gasteiger partial charge in [-0.3, -0.25) is 0 Å². The summed E-state index contributed by atoms with van der Waals surface area (Å²) in [5, 5.41) is 1.57. The van der Waals surface area contributed by atoms with Crippen LogP contribution in [-0.2, 0) is 0 Å². The minimum absolute atomic E-state index is 0.200. The van der Waals surface area contributed by atoms with Crippen LogP contribution in [0.1, 0.15) is 36.5 Å². The summed E-state index contributed by atoms with van der Waals surface area (Å²) in [4.78, 5) is 23.0. The van der Waals surface area contributed by atoms with Crippen LogP contribution in [0.5, 0.6) is 23.3 Å². The van der Waals surface area contributed by atoms with Crippen LogP contribution in [0.2, 0.25) is 0 Å². The SMILES string of the molecule is CCOc1nc(N(C)C)nc2c1C(c1ccc3c(c1)OCO3)c1c(OCC)nc(N(C)C)nc1S2. The van der Waals surface area contributed by atoms with Crippen LogP contribution in [0.15, 0.2) is 28.3 Å². The second kappa shape index (κ2) is 9.29. The summed E-state index contributed by atoms with van der Waals surface area (Å²) in [5.74, 6) is 3.27. The molecule has 0 atom stereocenters. The third kappa shape index (κ3) is 4.13. The van der Waals surface area contributed by atoms with E-state index >= 15 is 0 Å².